The first-order valence-electron chi connectivity index (χ1n) is 14.3. The van der Waals surface area contributed by atoms with Crippen LogP contribution in [0.4, 0.5) is 9.59 Å². The molecule has 20 heteroatoms. The topological polar surface area (TPSA) is 163 Å². The molecule has 3 rings (SSSR count). The third-order valence-electron chi connectivity index (χ3n) is 4.62. The van der Waals surface area contributed by atoms with E-state index < -0.39 is 0 Å². The fourth-order valence-corrected chi connectivity index (χ4v) is 6.02. The lowest BCUT2D eigenvalue weighted by Gasteiger charge is -2.06. The van der Waals surface area contributed by atoms with Crippen LogP contribution in [-0.4, -0.2) is 101 Å². The van der Waals surface area contributed by atoms with E-state index in [1.165, 1.54) is 57.7 Å². The fraction of sp³-hybridized carbons (Fsp3) is 0.654. The molecule has 0 atom stereocenters. The average molecular weight is 755 g/mol. The first-order valence-corrected chi connectivity index (χ1v) is 19.1. The number of rotatable bonds is 15. The van der Waals surface area contributed by atoms with Crippen LogP contribution >= 0.6 is 69.9 Å². The van der Waals surface area contributed by atoms with E-state index in [1.54, 1.807) is 28.2 Å². The number of hydrogen-bond donors (Lipinski definition) is 0. The van der Waals surface area contributed by atoms with Crippen molar-refractivity contribution >= 4 is 85.5 Å². The highest BCUT2D eigenvalue weighted by atomic mass is 32.2. The van der Waals surface area contributed by atoms with E-state index in [0.29, 0.717) is 50.9 Å². The molecule has 3 aromatic rings. The molecule has 0 saturated carbocycles. The van der Waals surface area contributed by atoms with Gasteiger partial charge >= 0.3 is 0 Å². The first-order chi connectivity index (χ1) is 22.0. The van der Waals surface area contributed by atoms with Crippen molar-refractivity contribution in [3.05, 3.63) is 0 Å². The summed E-state index contributed by atoms with van der Waals surface area (Å²) in [6.45, 7) is 9.71. The zero-order chi connectivity index (χ0) is 34.3. The molecule has 2 amide bonds. The van der Waals surface area contributed by atoms with E-state index in [-0.39, 0.29) is 15.6 Å². The van der Waals surface area contributed by atoms with Crippen LogP contribution in [0.25, 0.3) is 0 Å². The summed E-state index contributed by atoms with van der Waals surface area (Å²) in [5, 5.41) is 2.80. The monoisotopic (exact) mass is 754 g/mol. The lowest BCUT2D eigenvalue weighted by atomic mass is 10.3. The van der Waals surface area contributed by atoms with E-state index in [9.17, 15) is 14.4 Å². The lowest BCUT2D eigenvalue weighted by Crippen LogP contribution is -2.16. The fourth-order valence-electron chi connectivity index (χ4n) is 2.36. The minimum absolute atomic E-state index is 0.00895. The minimum Gasteiger partial charge on any atom is -0.469 e. The van der Waals surface area contributed by atoms with Crippen molar-refractivity contribution in [2.45, 2.75) is 81.7 Å². The van der Waals surface area contributed by atoms with Gasteiger partial charge in [-0.05, 0) is 31.0 Å². The Morgan fingerprint density at radius 2 is 0.978 bits per heavy atom. The molecule has 3 heterocycles. The van der Waals surface area contributed by atoms with Gasteiger partial charge in [-0.1, -0.05) is 40.0 Å². The van der Waals surface area contributed by atoms with Gasteiger partial charge in [-0.25, -0.2) is 0 Å². The molecule has 0 spiro atoms. The Morgan fingerprint density at radius 3 is 1.35 bits per heavy atom. The molecule has 0 fully saturated rings. The van der Waals surface area contributed by atoms with Crippen LogP contribution in [0.5, 0.6) is 15.6 Å². The largest absolute Gasteiger partial charge is 0.469 e. The van der Waals surface area contributed by atoms with Crippen molar-refractivity contribution in [2.24, 2.45) is 0 Å². The van der Waals surface area contributed by atoms with Crippen LogP contribution in [0.15, 0.2) is 15.5 Å². The molecule has 0 N–H and O–H groups in total. The number of nitrogens with zero attached hydrogens (tertiary/aromatic N) is 8. The minimum atomic E-state index is -0.0881. The highest BCUT2D eigenvalue weighted by Crippen LogP contribution is 2.25. The molecule has 0 aromatic carbocycles. The van der Waals surface area contributed by atoms with Gasteiger partial charge in [0.05, 0.1) is 19.8 Å². The van der Waals surface area contributed by atoms with Crippen LogP contribution in [-0.2, 0) is 4.79 Å². The van der Waals surface area contributed by atoms with Gasteiger partial charge in [0.15, 0.2) is 5.12 Å². The van der Waals surface area contributed by atoms with Gasteiger partial charge in [0.25, 0.3) is 26.1 Å². The van der Waals surface area contributed by atoms with Crippen molar-refractivity contribution in [1.82, 2.24) is 37.9 Å². The Bertz CT molecular complexity index is 1290. The predicted molar refractivity (Wildman–Crippen MR) is 187 cm³/mol. The third-order valence-corrected chi connectivity index (χ3v) is 9.31. The number of ether oxygens (including phenoxy) is 3. The second kappa shape index (κ2) is 24.9. The molecule has 0 saturated heterocycles. The molecule has 0 unspecified atom stereocenters. The molecule has 0 bridgehead atoms. The highest BCUT2D eigenvalue weighted by molar-refractivity contribution is 8.14. The van der Waals surface area contributed by atoms with Crippen LogP contribution in [0.3, 0.4) is 0 Å². The van der Waals surface area contributed by atoms with Gasteiger partial charge < -0.3 is 24.0 Å². The molecule has 46 heavy (non-hydrogen) atoms. The van der Waals surface area contributed by atoms with E-state index >= 15 is 0 Å². The maximum atomic E-state index is 11.4. The third kappa shape index (κ3) is 19.4. The normalized spacial score (nSPS) is 10.2. The molecular weight excluding hydrogens is 713 g/mol. The summed E-state index contributed by atoms with van der Waals surface area (Å²) in [4.78, 5) is 48.7. The Morgan fingerprint density at radius 1 is 0.587 bits per heavy atom. The summed E-state index contributed by atoms with van der Waals surface area (Å²) in [6.07, 6.45) is 6.38. The number of aromatic nitrogens is 6. The van der Waals surface area contributed by atoms with Crippen molar-refractivity contribution < 1.29 is 28.6 Å². The molecule has 258 valence electrons. The predicted octanol–water partition coefficient (Wildman–Crippen LogP) is 7.34. The molecule has 14 nitrogen and oxygen atoms in total. The van der Waals surface area contributed by atoms with Gasteiger partial charge in [0, 0.05) is 93.2 Å². The number of carbonyl (C=O) groups excluding carboxylic acids is 3. The molecule has 0 aliphatic carbocycles. The zero-order valence-corrected chi connectivity index (χ0v) is 32.2. The summed E-state index contributed by atoms with van der Waals surface area (Å²) < 4.78 is 28.1. The molecular formula is C26H42N8O6S6. The Kier molecular flexibility index (Phi) is 22.6. The van der Waals surface area contributed by atoms with E-state index in [1.807, 2.05) is 6.92 Å². The number of carbonyl (C=O) groups is 3. The number of thioether (sulfide) groups is 3. The first kappa shape index (κ1) is 41.8. The summed E-state index contributed by atoms with van der Waals surface area (Å²) in [5.74, 6) is 0. The summed E-state index contributed by atoms with van der Waals surface area (Å²) in [7, 11) is 6.77. The maximum absolute atomic E-state index is 11.4. The van der Waals surface area contributed by atoms with Gasteiger partial charge in [0.2, 0.25) is 15.5 Å². The van der Waals surface area contributed by atoms with Gasteiger partial charge in [-0.3, -0.25) is 14.4 Å². The molecule has 0 aliphatic rings. The van der Waals surface area contributed by atoms with E-state index in [0.717, 1.165) is 67.4 Å². The van der Waals surface area contributed by atoms with E-state index in [2.05, 4.69) is 41.9 Å². The number of amides is 2. The van der Waals surface area contributed by atoms with E-state index in [4.69, 9.17) is 14.2 Å². The van der Waals surface area contributed by atoms with Crippen LogP contribution < -0.4 is 14.2 Å². The van der Waals surface area contributed by atoms with Crippen LogP contribution in [0, 0.1) is 0 Å². The maximum Gasteiger partial charge on any atom is 0.293 e. The number of hydrogen-bond acceptors (Lipinski definition) is 18. The van der Waals surface area contributed by atoms with Crippen LogP contribution in [0.2, 0.25) is 0 Å². The lowest BCUT2D eigenvalue weighted by molar-refractivity contribution is -0.109. The Labute approximate surface area is 295 Å². The summed E-state index contributed by atoms with van der Waals surface area (Å²) in [6, 6.07) is 0. The number of unbranched alkanes of at least 4 members (excludes halogenated alkanes) is 3. The van der Waals surface area contributed by atoms with Crippen molar-refractivity contribution in [1.29, 1.82) is 0 Å². The average Bonchev–Trinajstić information content (AvgIpc) is 3.77. The molecule has 3 aromatic heterocycles. The van der Waals surface area contributed by atoms with Crippen LogP contribution in [0.1, 0.15) is 66.2 Å². The van der Waals surface area contributed by atoms with Gasteiger partial charge in [-0.15, -0.1) is 0 Å². The van der Waals surface area contributed by atoms with Gasteiger partial charge in [0.1, 0.15) is 0 Å². The highest BCUT2D eigenvalue weighted by Gasteiger charge is 2.13. The summed E-state index contributed by atoms with van der Waals surface area (Å²) in [5.41, 5.74) is 0. The Balaban J connectivity index is 0.000000345. The summed E-state index contributed by atoms with van der Waals surface area (Å²) >= 11 is 6.58. The second-order valence-corrected chi connectivity index (χ2v) is 14.4. The SMILES string of the molecule is CCCCCOc1nc(SC(C)=O)ns1.CCCCOc1nc(SC(=O)N(C)C)ns1.CCCOc1nc(SC(=O)N(C)C)ns1. The zero-order valence-electron chi connectivity index (χ0n) is 27.3. The van der Waals surface area contributed by atoms with Gasteiger partial charge in [-0.2, -0.15) is 28.1 Å². The molecule has 0 aliphatic heterocycles. The van der Waals surface area contributed by atoms with Crippen molar-refractivity contribution in [3.63, 3.8) is 0 Å². The smallest absolute Gasteiger partial charge is 0.293 e. The molecule has 0 radical (unpaired) electrons. The van der Waals surface area contributed by atoms with Crippen molar-refractivity contribution in [3.8, 4) is 15.6 Å². The standard InChI is InChI=1S/C9H15N3O2S2.C9H14N2O2S2.C8H13N3O2S2/c1-4-5-6-14-8-10-7(11-16-8)15-9(13)12(2)3;1-3-4-5-6-13-9-10-8(11-15-9)14-7(2)12;1-4-5-13-7-9-6(10-15-7)14-8(12)11(2)3/h4-6H2,1-3H3;3-6H2,1-2H3;4-5H2,1-3H3. The Hall–Kier alpha value is -2.26. The van der Waals surface area contributed by atoms with Crippen molar-refractivity contribution in [2.75, 3.05) is 48.0 Å². The second-order valence-electron chi connectivity index (χ2n) is 9.25. The quantitative estimate of drug-likeness (QED) is 0.112.